The van der Waals surface area contributed by atoms with Crippen LogP contribution in [0.3, 0.4) is 0 Å². The molecule has 3 N–H and O–H groups in total. The number of carbonyl (C=O) groups excluding carboxylic acids is 4. The fraction of sp³-hybridized carbons (Fsp3) is 0.733. The Hall–Kier alpha value is -2.00. The molecule has 9 nitrogen and oxygen atoms in total. The van der Waals surface area contributed by atoms with Gasteiger partial charge in [-0.1, -0.05) is 13.8 Å². The van der Waals surface area contributed by atoms with Crippen molar-refractivity contribution in [3.8, 4) is 0 Å². The van der Waals surface area contributed by atoms with Crippen LogP contribution in [-0.2, 0) is 19.1 Å². The normalized spacial score (nSPS) is 16.3. The minimum Gasteiger partial charge on any atom is -0.379 e. The van der Waals surface area contributed by atoms with E-state index >= 15 is 0 Å². The highest BCUT2D eigenvalue weighted by atomic mass is 16.5. The smallest absolute Gasteiger partial charge is 0.322 e. The van der Waals surface area contributed by atoms with Crippen molar-refractivity contribution in [2.75, 3.05) is 39.4 Å². The van der Waals surface area contributed by atoms with Crippen molar-refractivity contribution in [2.24, 2.45) is 5.92 Å². The van der Waals surface area contributed by atoms with Crippen molar-refractivity contribution < 1.29 is 23.9 Å². The summed E-state index contributed by atoms with van der Waals surface area (Å²) in [6, 6.07) is -1.56. The van der Waals surface area contributed by atoms with Crippen molar-refractivity contribution in [1.29, 1.82) is 0 Å². The molecule has 1 rings (SSSR count). The van der Waals surface area contributed by atoms with E-state index in [1.54, 1.807) is 13.8 Å². The summed E-state index contributed by atoms with van der Waals surface area (Å²) < 4.78 is 5.19. The lowest BCUT2D eigenvalue weighted by Gasteiger charge is -2.26. The van der Waals surface area contributed by atoms with Crippen LogP contribution < -0.4 is 16.0 Å². The Morgan fingerprint density at radius 2 is 1.75 bits per heavy atom. The Labute approximate surface area is 141 Å². The first-order valence-corrected chi connectivity index (χ1v) is 7.97. The fourth-order valence-corrected chi connectivity index (χ4v) is 2.16. The molecule has 0 unspecified atom stereocenters. The van der Waals surface area contributed by atoms with Gasteiger partial charge in [0.15, 0.2) is 0 Å². The van der Waals surface area contributed by atoms with Crippen molar-refractivity contribution in [1.82, 2.24) is 20.9 Å². The lowest BCUT2D eigenvalue weighted by atomic mass is 10.0. The number of hydrogen-bond donors (Lipinski definition) is 3. The van der Waals surface area contributed by atoms with E-state index in [9.17, 15) is 19.2 Å². The monoisotopic (exact) mass is 342 g/mol. The predicted octanol–water partition coefficient (Wildman–Crippen LogP) is -1.13. The SMILES string of the molecule is CC(=O)CNC(=O)[C@@H](NC(=O)NC(=O)CN1CCOCC1)C(C)C. The van der Waals surface area contributed by atoms with Crippen LogP contribution in [0.4, 0.5) is 4.79 Å². The molecule has 0 aromatic rings. The molecule has 0 aromatic carbocycles. The third kappa shape index (κ3) is 7.51. The van der Waals surface area contributed by atoms with Gasteiger partial charge in [0.05, 0.1) is 26.3 Å². The molecule has 0 bridgehead atoms. The third-order valence-electron chi connectivity index (χ3n) is 3.47. The highest BCUT2D eigenvalue weighted by molar-refractivity contribution is 5.97. The Kier molecular flexibility index (Phi) is 8.34. The molecule has 0 spiro atoms. The zero-order valence-corrected chi connectivity index (χ0v) is 14.4. The Balaban J connectivity index is 2.44. The average molecular weight is 342 g/mol. The lowest BCUT2D eigenvalue weighted by Crippen LogP contribution is -2.55. The lowest BCUT2D eigenvalue weighted by molar-refractivity contribution is -0.126. The summed E-state index contributed by atoms with van der Waals surface area (Å²) in [5.74, 6) is -1.29. The van der Waals surface area contributed by atoms with Crippen molar-refractivity contribution in [2.45, 2.75) is 26.8 Å². The summed E-state index contributed by atoms with van der Waals surface area (Å²) in [6.07, 6.45) is 0. The maximum Gasteiger partial charge on any atom is 0.322 e. The van der Waals surface area contributed by atoms with E-state index in [0.717, 1.165) is 0 Å². The first-order chi connectivity index (χ1) is 11.3. The summed E-state index contributed by atoms with van der Waals surface area (Å²) in [4.78, 5) is 48.6. The molecule has 1 saturated heterocycles. The number of nitrogens with one attached hydrogen (secondary N) is 3. The van der Waals surface area contributed by atoms with E-state index in [1.165, 1.54) is 6.92 Å². The van der Waals surface area contributed by atoms with Crippen LogP contribution in [0.15, 0.2) is 0 Å². The van der Waals surface area contributed by atoms with Gasteiger partial charge in [0.25, 0.3) is 0 Å². The van der Waals surface area contributed by atoms with Crippen LogP contribution in [0.2, 0.25) is 0 Å². The molecule has 9 heteroatoms. The number of hydrogen-bond acceptors (Lipinski definition) is 6. The number of urea groups is 1. The van der Waals surface area contributed by atoms with Crippen molar-refractivity contribution >= 4 is 23.6 Å². The number of nitrogens with zero attached hydrogens (tertiary/aromatic N) is 1. The number of ether oxygens (including phenoxy) is 1. The summed E-state index contributed by atoms with van der Waals surface area (Å²) in [7, 11) is 0. The Morgan fingerprint density at radius 3 is 2.29 bits per heavy atom. The van der Waals surface area contributed by atoms with Gasteiger partial charge in [-0.2, -0.15) is 0 Å². The zero-order chi connectivity index (χ0) is 18.1. The maximum atomic E-state index is 12.0. The highest BCUT2D eigenvalue weighted by Gasteiger charge is 2.25. The molecule has 0 aliphatic carbocycles. The molecule has 136 valence electrons. The number of amides is 4. The van der Waals surface area contributed by atoms with Crippen LogP contribution in [-0.4, -0.2) is 74.0 Å². The van der Waals surface area contributed by atoms with Gasteiger partial charge in [0, 0.05) is 13.1 Å². The second kappa shape index (κ2) is 9.99. The van der Waals surface area contributed by atoms with Gasteiger partial charge in [-0.15, -0.1) is 0 Å². The number of ketones is 1. The van der Waals surface area contributed by atoms with Crippen molar-refractivity contribution in [3.63, 3.8) is 0 Å². The molecule has 1 heterocycles. The van der Waals surface area contributed by atoms with Gasteiger partial charge < -0.3 is 15.4 Å². The minimum atomic E-state index is -0.833. The molecule has 4 amide bonds. The van der Waals surface area contributed by atoms with Crippen LogP contribution >= 0.6 is 0 Å². The van der Waals surface area contributed by atoms with E-state index < -0.39 is 23.9 Å². The molecule has 0 radical (unpaired) electrons. The first kappa shape index (κ1) is 20.0. The molecular formula is C15H26N4O5. The highest BCUT2D eigenvalue weighted by Crippen LogP contribution is 2.02. The molecule has 0 aromatic heterocycles. The average Bonchev–Trinajstić information content (AvgIpc) is 2.50. The second-order valence-electron chi connectivity index (χ2n) is 6.05. The van der Waals surface area contributed by atoms with Gasteiger partial charge in [0.1, 0.15) is 11.8 Å². The fourth-order valence-electron chi connectivity index (χ4n) is 2.16. The molecule has 0 saturated carbocycles. The number of carbonyl (C=O) groups is 4. The van der Waals surface area contributed by atoms with Gasteiger partial charge in [0.2, 0.25) is 11.8 Å². The van der Waals surface area contributed by atoms with Gasteiger partial charge in [-0.3, -0.25) is 24.6 Å². The Bertz CT molecular complexity index is 474. The van der Waals surface area contributed by atoms with Crippen LogP contribution in [0.25, 0.3) is 0 Å². The number of morpholine rings is 1. The summed E-state index contributed by atoms with van der Waals surface area (Å²) in [5.41, 5.74) is 0. The van der Waals surface area contributed by atoms with Crippen molar-refractivity contribution in [3.05, 3.63) is 0 Å². The number of imide groups is 1. The molecule has 1 fully saturated rings. The zero-order valence-electron chi connectivity index (χ0n) is 14.4. The van der Waals surface area contributed by atoms with E-state index in [-0.39, 0.29) is 24.8 Å². The molecule has 1 aliphatic rings. The van der Waals surface area contributed by atoms with Crippen LogP contribution in [0.5, 0.6) is 0 Å². The first-order valence-electron chi connectivity index (χ1n) is 7.97. The Morgan fingerprint density at radius 1 is 1.12 bits per heavy atom. The number of Topliss-reactive ketones (excluding diaryl/α,β-unsaturated/α-hetero) is 1. The maximum absolute atomic E-state index is 12.0. The quantitative estimate of drug-likeness (QED) is 0.539. The summed E-state index contributed by atoms with van der Waals surface area (Å²) in [5, 5.41) is 7.13. The standard InChI is InChI=1S/C15H26N4O5/c1-10(2)13(14(22)16-8-11(3)20)18-15(23)17-12(21)9-19-4-6-24-7-5-19/h10,13H,4-9H2,1-3H3,(H,16,22)(H2,17,18,21,23)/t13-/m0/s1. The summed E-state index contributed by atoms with van der Waals surface area (Å²) in [6.45, 7) is 7.27. The molecular weight excluding hydrogens is 316 g/mol. The largest absolute Gasteiger partial charge is 0.379 e. The van der Waals surface area contributed by atoms with Gasteiger partial charge in [-0.05, 0) is 12.8 Å². The molecule has 1 aliphatic heterocycles. The summed E-state index contributed by atoms with van der Waals surface area (Å²) >= 11 is 0. The van der Waals surface area contributed by atoms with Crippen LogP contribution in [0, 0.1) is 5.92 Å². The van der Waals surface area contributed by atoms with Crippen LogP contribution in [0.1, 0.15) is 20.8 Å². The van der Waals surface area contributed by atoms with E-state index in [0.29, 0.717) is 26.3 Å². The van der Waals surface area contributed by atoms with Gasteiger partial charge >= 0.3 is 6.03 Å². The second-order valence-corrected chi connectivity index (χ2v) is 6.05. The molecule has 1 atom stereocenters. The predicted molar refractivity (Wildman–Crippen MR) is 86.3 cm³/mol. The van der Waals surface area contributed by atoms with Gasteiger partial charge in [-0.25, -0.2) is 4.79 Å². The molecule has 24 heavy (non-hydrogen) atoms. The topological polar surface area (TPSA) is 117 Å². The number of rotatable bonds is 7. The minimum absolute atomic E-state index is 0.0959. The third-order valence-corrected chi connectivity index (χ3v) is 3.47. The van der Waals surface area contributed by atoms with E-state index in [2.05, 4.69) is 16.0 Å². The van der Waals surface area contributed by atoms with E-state index in [4.69, 9.17) is 4.74 Å². The van der Waals surface area contributed by atoms with E-state index in [1.807, 2.05) is 4.90 Å².